The third-order valence-corrected chi connectivity index (χ3v) is 2.30. The van der Waals surface area contributed by atoms with Crippen LogP contribution in [0.15, 0.2) is 0 Å². The summed E-state index contributed by atoms with van der Waals surface area (Å²) < 4.78 is 0. The molecule has 0 radical (unpaired) electrons. The number of nitrogens with one attached hydrogen (secondary N) is 2. The number of nitrogens with zero attached hydrogens (tertiary/aromatic N) is 4. The maximum Gasteiger partial charge on any atom is 0.243 e. The molecule has 0 saturated carbocycles. The van der Waals surface area contributed by atoms with Crippen molar-refractivity contribution in [3.63, 3.8) is 0 Å². The molecule has 86 valence electrons. The second-order valence-corrected chi connectivity index (χ2v) is 3.58. The summed E-state index contributed by atoms with van der Waals surface area (Å²) in [6.07, 6.45) is 0.863. The van der Waals surface area contributed by atoms with Crippen molar-refractivity contribution < 1.29 is 9.59 Å². The summed E-state index contributed by atoms with van der Waals surface area (Å²) in [5.74, 6) is 0.00742. The smallest absolute Gasteiger partial charge is 0.243 e. The quantitative estimate of drug-likeness (QED) is 0.582. The molecule has 0 spiro atoms. The lowest BCUT2D eigenvalue weighted by Gasteiger charge is -2.20. The summed E-state index contributed by atoms with van der Waals surface area (Å²) in [4.78, 5) is 23.6. The van der Waals surface area contributed by atoms with Crippen molar-refractivity contribution in [2.24, 2.45) is 7.05 Å². The van der Waals surface area contributed by atoms with Crippen molar-refractivity contribution in [2.45, 2.75) is 25.4 Å². The third kappa shape index (κ3) is 2.40. The van der Waals surface area contributed by atoms with Crippen LogP contribution in [-0.2, 0) is 23.2 Å². The Morgan fingerprint density at radius 2 is 2.38 bits per heavy atom. The van der Waals surface area contributed by atoms with Crippen LogP contribution in [0, 0.1) is 0 Å². The van der Waals surface area contributed by atoms with Crippen LogP contribution < -0.4 is 10.6 Å². The average molecular weight is 224 g/mol. The second-order valence-electron chi connectivity index (χ2n) is 3.58. The van der Waals surface area contributed by atoms with E-state index in [1.54, 1.807) is 7.05 Å². The zero-order chi connectivity index (χ0) is 11.5. The predicted octanol–water partition coefficient (Wildman–Crippen LogP) is -1.90. The fourth-order valence-electron chi connectivity index (χ4n) is 1.50. The Bertz CT molecular complexity index is 414. The Morgan fingerprint density at radius 3 is 3.00 bits per heavy atom. The minimum absolute atomic E-state index is 0.222. The molecule has 2 amide bonds. The number of hydrogen-bond donors (Lipinski definition) is 2. The molecule has 0 aromatic carbocycles. The summed E-state index contributed by atoms with van der Waals surface area (Å²) in [7, 11) is 1.67. The Labute approximate surface area is 91.4 Å². The highest BCUT2D eigenvalue weighted by molar-refractivity contribution is 6.00. The Balaban J connectivity index is 1.86. The molecule has 1 saturated heterocycles. The topological polar surface area (TPSA) is 102 Å². The number of carbonyl (C=O) groups excluding carboxylic acids is 2. The van der Waals surface area contributed by atoms with Gasteiger partial charge in [-0.05, 0) is 11.6 Å². The van der Waals surface area contributed by atoms with Gasteiger partial charge in [-0.1, -0.05) is 0 Å². The molecule has 1 aromatic rings. The molecule has 1 aliphatic rings. The van der Waals surface area contributed by atoms with E-state index in [0.29, 0.717) is 25.2 Å². The SMILES string of the molecule is Cn1nnc(CN[C@H]2CCC(=O)NC2=O)n1. The first-order valence-corrected chi connectivity index (χ1v) is 4.95. The molecule has 1 fully saturated rings. The molecule has 1 aliphatic heterocycles. The van der Waals surface area contributed by atoms with Gasteiger partial charge in [0.1, 0.15) is 0 Å². The molecule has 0 aliphatic carbocycles. The number of piperidine rings is 1. The minimum Gasteiger partial charge on any atom is -0.299 e. The average Bonchev–Trinajstić information content (AvgIpc) is 2.63. The summed E-state index contributed by atoms with van der Waals surface area (Å²) in [5.41, 5.74) is 0. The first kappa shape index (κ1) is 10.7. The highest BCUT2D eigenvalue weighted by Gasteiger charge is 2.26. The van der Waals surface area contributed by atoms with E-state index in [1.807, 2.05) is 0 Å². The molecular weight excluding hydrogens is 212 g/mol. The Morgan fingerprint density at radius 1 is 1.56 bits per heavy atom. The molecule has 2 rings (SSSR count). The molecule has 8 nitrogen and oxygen atoms in total. The van der Waals surface area contributed by atoms with E-state index in [4.69, 9.17) is 0 Å². The van der Waals surface area contributed by atoms with E-state index in [2.05, 4.69) is 26.0 Å². The maximum absolute atomic E-state index is 11.4. The van der Waals surface area contributed by atoms with Crippen LogP contribution in [0.1, 0.15) is 18.7 Å². The lowest BCUT2D eigenvalue weighted by Crippen LogP contribution is -2.50. The van der Waals surface area contributed by atoms with Gasteiger partial charge >= 0.3 is 0 Å². The number of aryl methyl sites for hydroxylation is 1. The standard InChI is InChI=1S/C8H12N6O2/c1-14-12-6(11-13-14)4-9-5-2-3-7(15)10-8(5)16/h5,9H,2-4H2,1H3,(H,10,15,16)/t5-/m0/s1. The highest BCUT2D eigenvalue weighted by Crippen LogP contribution is 2.04. The monoisotopic (exact) mass is 224 g/mol. The minimum atomic E-state index is -0.360. The van der Waals surface area contributed by atoms with Gasteiger partial charge in [0, 0.05) is 6.42 Å². The van der Waals surface area contributed by atoms with Crippen molar-refractivity contribution in [2.75, 3.05) is 0 Å². The van der Waals surface area contributed by atoms with Gasteiger partial charge in [-0.2, -0.15) is 4.80 Å². The van der Waals surface area contributed by atoms with Gasteiger partial charge in [-0.15, -0.1) is 10.2 Å². The number of tetrazole rings is 1. The zero-order valence-corrected chi connectivity index (χ0v) is 8.80. The van der Waals surface area contributed by atoms with Gasteiger partial charge in [0.15, 0.2) is 5.82 Å². The van der Waals surface area contributed by atoms with Crippen LogP contribution in [0.4, 0.5) is 0 Å². The molecule has 16 heavy (non-hydrogen) atoms. The molecule has 8 heteroatoms. The third-order valence-electron chi connectivity index (χ3n) is 2.30. The normalized spacial score (nSPS) is 20.9. The van der Waals surface area contributed by atoms with Gasteiger partial charge in [-0.3, -0.25) is 20.2 Å². The fourth-order valence-corrected chi connectivity index (χ4v) is 1.50. The van der Waals surface area contributed by atoms with Gasteiger partial charge in [0.2, 0.25) is 11.8 Å². The zero-order valence-electron chi connectivity index (χ0n) is 8.80. The molecule has 1 atom stereocenters. The number of aromatic nitrogens is 4. The van der Waals surface area contributed by atoms with Crippen molar-refractivity contribution >= 4 is 11.8 Å². The van der Waals surface area contributed by atoms with Crippen molar-refractivity contribution in [3.8, 4) is 0 Å². The predicted molar refractivity (Wildman–Crippen MR) is 51.8 cm³/mol. The highest BCUT2D eigenvalue weighted by atomic mass is 16.2. The van der Waals surface area contributed by atoms with Crippen molar-refractivity contribution in [3.05, 3.63) is 5.82 Å². The van der Waals surface area contributed by atoms with Gasteiger partial charge in [-0.25, -0.2) is 0 Å². The molecule has 1 aromatic heterocycles. The summed E-state index contributed by atoms with van der Waals surface area (Å²) in [5, 5.41) is 16.7. The number of carbonyl (C=O) groups is 2. The molecular formula is C8H12N6O2. The fraction of sp³-hybridized carbons (Fsp3) is 0.625. The summed E-state index contributed by atoms with van der Waals surface area (Å²) in [6, 6.07) is -0.360. The van der Waals surface area contributed by atoms with Crippen LogP contribution in [0.3, 0.4) is 0 Å². The molecule has 2 N–H and O–H groups in total. The summed E-state index contributed by atoms with van der Waals surface area (Å²) in [6.45, 7) is 0.361. The van der Waals surface area contributed by atoms with Crippen molar-refractivity contribution in [1.29, 1.82) is 0 Å². The van der Waals surface area contributed by atoms with Gasteiger partial charge in [0.05, 0.1) is 19.6 Å². The van der Waals surface area contributed by atoms with E-state index in [-0.39, 0.29) is 17.9 Å². The lowest BCUT2D eigenvalue weighted by molar-refractivity contribution is -0.134. The van der Waals surface area contributed by atoms with Crippen LogP contribution in [0.25, 0.3) is 0 Å². The molecule has 0 unspecified atom stereocenters. The largest absolute Gasteiger partial charge is 0.299 e. The first-order chi connectivity index (χ1) is 7.65. The number of imide groups is 1. The van der Waals surface area contributed by atoms with Crippen LogP contribution in [-0.4, -0.2) is 38.1 Å². The van der Waals surface area contributed by atoms with E-state index in [1.165, 1.54) is 4.80 Å². The molecule has 0 bridgehead atoms. The molecule has 2 heterocycles. The second kappa shape index (κ2) is 4.35. The van der Waals surface area contributed by atoms with Crippen LogP contribution in [0.2, 0.25) is 0 Å². The van der Waals surface area contributed by atoms with E-state index >= 15 is 0 Å². The number of amides is 2. The number of hydrogen-bond acceptors (Lipinski definition) is 6. The maximum atomic E-state index is 11.4. The van der Waals surface area contributed by atoms with Crippen molar-refractivity contribution in [1.82, 2.24) is 30.8 Å². The Hall–Kier alpha value is -1.83. The van der Waals surface area contributed by atoms with E-state index in [0.717, 1.165) is 0 Å². The lowest BCUT2D eigenvalue weighted by atomic mass is 10.1. The number of rotatable bonds is 3. The van der Waals surface area contributed by atoms with Gasteiger partial charge in [0.25, 0.3) is 0 Å². The Kier molecular flexibility index (Phi) is 2.91. The first-order valence-electron chi connectivity index (χ1n) is 4.95. The van der Waals surface area contributed by atoms with E-state index in [9.17, 15) is 9.59 Å². The van der Waals surface area contributed by atoms with Gasteiger partial charge < -0.3 is 0 Å². The van der Waals surface area contributed by atoms with Crippen LogP contribution >= 0.6 is 0 Å². The van der Waals surface area contributed by atoms with Crippen LogP contribution in [0.5, 0.6) is 0 Å². The van der Waals surface area contributed by atoms with E-state index < -0.39 is 0 Å². The summed E-state index contributed by atoms with van der Waals surface area (Å²) >= 11 is 0.